The van der Waals surface area contributed by atoms with E-state index in [0.717, 1.165) is 5.56 Å². The van der Waals surface area contributed by atoms with Crippen molar-refractivity contribution in [1.82, 2.24) is 0 Å². The fraction of sp³-hybridized carbons (Fsp3) is 0.125. The summed E-state index contributed by atoms with van der Waals surface area (Å²) in [4.78, 5) is 9.76. The van der Waals surface area contributed by atoms with Crippen LogP contribution in [0.2, 0.25) is 0 Å². The largest absolute Gasteiger partial charge is 0.434 e. The Morgan fingerprint density at radius 2 is 2.00 bits per heavy atom. The first kappa shape index (κ1) is 7.75. The van der Waals surface area contributed by atoms with Crippen molar-refractivity contribution >= 4 is 6.47 Å². The Bertz CT molecular complexity index is 223. The van der Waals surface area contributed by atoms with E-state index in [4.69, 9.17) is 5.73 Å². The zero-order valence-corrected chi connectivity index (χ0v) is 5.86. The molecule has 1 atom stereocenters. The third-order valence-corrected chi connectivity index (χ3v) is 1.30. The summed E-state index contributed by atoms with van der Waals surface area (Å²) in [5.41, 5.74) is 6.18. The Morgan fingerprint density at radius 3 is 2.55 bits per heavy atom. The molecule has 1 rings (SSSR count). The number of hydrogen-bond acceptors (Lipinski definition) is 3. The topological polar surface area (TPSA) is 52.3 Å². The average Bonchev–Trinajstić information content (AvgIpc) is 2.07. The molecule has 0 spiro atoms. The molecule has 0 aliphatic heterocycles. The number of hydrogen-bond donors (Lipinski definition) is 1. The van der Waals surface area contributed by atoms with Crippen LogP contribution in [-0.2, 0) is 9.53 Å². The molecule has 3 nitrogen and oxygen atoms in total. The van der Waals surface area contributed by atoms with Crippen LogP contribution < -0.4 is 5.73 Å². The van der Waals surface area contributed by atoms with Gasteiger partial charge in [0.05, 0.1) is 0 Å². The van der Waals surface area contributed by atoms with Gasteiger partial charge in [-0.2, -0.15) is 0 Å². The van der Waals surface area contributed by atoms with Gasteiger partial charge in [-0.15, -0.1) is 0 Å². The summed E-state index contributed by atoms with van der Waals surface area (Å²) in [5.74, 6) is 0. The van der Waals surface area contributed by atoms with E-state index >= 15 is 0 Å². The monoisotopic (exact) mass is 150 g/mol. The van der Waals surface area contributed by atoms with Crippen molar-refractivity contribution in [3.05, 3.63) is 35.9 Å². The smallest absolute Gasteiger partial charge is 0.419 e. The highest BCUT2D eigenvalue weighted by atomic mass is 16.5. The fourth-order valence-electron chi connectivity index (χ4n) is 0.763. The molecule has 1 aromatic rings. The highest BCUT2D eigenvalue weighted by molar-refractivity contribution is 5.39. The van der Waals surface area contributed by atoms with Gasteiger partial charge in [-0.3, -0.25) is 5.73 Å². The van der Waals surface area contributed by atoms with Gasteiger partial charge in [0, 0.05) is 5.56 Å². The second-order valence-corrected chi connectivity index (χ2v) is 2.03. The maximum absolute atomic E-state index is 9.76. The van der Waals surface area contributed by atoms with Crippen molar-refractivity contribution in [1.29, 1.82) is 0 Å². The second-order valence-electron chi connectivity index (χ2n) is 2.03. The van der Waals surface area contributed by atoms with Crippen molar-refractivity contribution in [2.45, 2.75) is 6.23 Å². The highest BCUT2D eigenvalue weighted by Crippen LogP contribution is 2.08. The second kappa shape index (κ2) is 3.73. The summed E-state index contributed by atoms with van der Waals surface area (Å²) < 4.78 is 4.40. The molecular weight excluding hydrogens is 142 g/mol. The Balaban J connectivity index is 2.68. The van der Waals surface area contributed by atoms with Crippen LogP contribution in [0.25, 0.3) is 0 Å². The number of carbonyl (C=O) groups excluding carboxylic acids is 1. The molecule has 11 heavy (non-hydrogen) atoms. The molecule has 2 N–H and O–H groups in total. The zero-order chi connectivity index (χ0) is 8.10. The van der Waals surface area contributed by atoms with Crippen LogP contribution in [-0.4, -0.2) is 6.47 Å². The molecule has 0 heterocycles. The van der Waals surface area contributed by atoms with Crippen LogP contribution in [0.5, 0.6) is 0 Å². The lowest BCUT2D eigenvalue weighted by molar-refractivity contribution is 0.186. The lowest BCUT2D eigenvalue weighted by Crippen LogP contribution is -2.12. The van der Waals surface area contributed by atoms with Gasteiger partial charge < -0.3 is 4.74 Å². The van der Waals surface area contributed by atoms with Gasteiger partial charge in [0.25, 0.3) is 0 Å². The van der Waals surface area contributed by atoms with E-state index in [2.05, 4.69) is 4.74 Å². The van der Waals surface area contributed by atoms with Crippen molar-refractivity contribution < 1.29 is 9.53 Å². The standard InChI is InChI=1S/C8H8NO2/c9-8(11-6-10)7-4-2-1-3-5-7/h1-5,8H,9H2. The predicted molar refractivity (Wildman–Crippen MR) is 40.1 cm³/mol. The summed E-state index contributed by atoms with van der Waals surface area (Å²) in [5, 5.41) is 0. The maximum atomic E-state index is 9.76. The molecule has 0 amide bonds. The van der Waals surface area contributed by atoms with Crippen molar-refractivity contribution in [2.24, 2.45) is 5.73 Å². The van der Waals surface area contributed by atoms with Crippen molar-refractivity contribution in [3.63, 3.8) is 0 Å². The molecule has 57 valence electrons. The predicted octanol–water partition coefficient (Wildman–Crippen LogP) is 0.728. The van der Waals surface area contributed by atoms with Gasteiger partial charge in [0.1, 0.15) is 0 Å². The van der Waals surface area contributed by atoms with Crippen LogP contribution in [0, 0.1) is 0 Å². The van der Waals surface area contributed by atoms with Crippen LogP contribution in [0.4, 0.5) is 0 Å². The minimum absolute atomic E-state index is 0.700. The molecular formula is C8H8NO2. The minimum Gasteiger partial charge on any atom is -0.434 e. The van der Waals surface area contributed by atoms with Gasteiger partial charge in [-0.25, -0.2) is 4.79 Å². The van der Waals surface area contributed by atoms with E-state index in [1.807, 2.05) is 18.2 Å². The SMILES string of the molecule is NC(O[C]=O)c1ccccc1. The van der Waals surface area contributed by atoms with Crippen LogP contribution in [0.3, 0.4) is 0 Å². The molecule has 0 aliphatic rings. The Labute approximate surface area is 64.8 Å². The third kappa shape index (κ3) is 2.05. The third-order valence-electron chi connectivity index (χ3n) is 1.30. The molecule has 0 aromatic heterocycles. The summed E-state index contributed by atoms with van der Waals surface area (Å²) in [6.45, 7) is 1.29. The van der Waals surface area contributed by atoms with Crippen LogP contribution in [0.15, 0.2) is 30.3 Å². The maximum Gasteiger partial charge on any atom is 0.419 e. The molecule has 0 bridgehead atoms. The molecule has 3 heteroatoms. The summed E-state index contributed by atoms with van der Waals surface area (Å²) >= 11 is 0. The molecule has 0 aliphatic carbocycles. The first-order valence-electron chi connectivity index (χ1n) is 3.18. The number of nitrogens with two attached hydrogens (primary N) is 1. The fourth-order valence-corrected chi connectivity index (χ4v) is 0.763. The van der Waals surface area contributed by atoms with Gasteiger partial charge in [-0.05, 0) is 0 Å². The Kier molecular flexibility index (Phi) is 2.63. The molecule has 0 saturated carbocycles. The minimum atomic E-state index is -0.700. The van der Waals surface area contributed by atoms with E-state index < -0.39 is 6.23 Å². The average molecular weight is 150 g/mol. The zero-order valence-electron chi connectivity index (χ0n) is 5.86. The lowest BCUT2D eigenvalue weighted by atomic mass is 10.2. The molecule has 0 fully saturated rings. The summed E-state index contributed by atoms with van der Waals surface area (Å²) in [6.07, 6.45) is -0.700. The molecule has 1 radical (unpaired) electrons. The van der Waals surface area contributed by atoms with Crippen molar-refractivity contribution in [3.8, 4) is 0 Å². The number of ether oxygens (including phenoxy) is 1. The number of rotatable bonds is 3. The van der Waals surface area contributed by atoms with Gasteiger partial charge in [0.2, 0.25) is 0 Å². The summed E-state index contributed by atoms with van der Waals surface area (Å²) in [7, 11) is 0. The van der Waals surface area contributed by atoms with Gasteiger partial charge in [0.15, 0.2) is 6.23 Å². The summed E-state index contributed by atoms with van der Waals surface area (Å²) in [6, 6.07) is 9.07. The Hall–Kier alpha value is -1.35. The molecule has 0 saturated heterocycles. The first-order valence-corrected chi connectivity index (χ1v) is 3.18. The lowest BCUT2D eigenvalue weighted by Gasteiger charge is -2.07. The normalized spacial score (nSPS) is 12.1. The highest BCUT2D eigenvalue weighted by Gasteiger charge is 2.03. The quantitative estimate of drug-likeness (QED) is 0.646. The van der Waals surface area contributed by atoms with Crippen LogP contribution in [0.1, 0.15) is 11.8 Å². The Morgan fingerprint density at radius 1 is 1.36 bits per heavy atom. The van der Waals surface area contributed by atoms with E-state index in [-0.39, 0.29) is 0 Å². The molecule has 1 unspecified atom stereocenters. The van der Waals surface area contributed by atoms with E-state index in [9.17, 15) is 4.79 Å². The molecule has 1 aromatic carbocycles. The van der Waals surface area contributed by atoms with Crippen molar-refractivity contribution in [2.75, 3.05) is 0 Å². The first-order chi connectivity index (χ1) is 5.34. The van der Waals surface area contributed by atoms with Gasteiger partial charge in [-0.1, -0.05) is 30.3 Å². The number of benzene rings is 1. The van der Waals surface area contributed by atoms with Gasteiger partial charge >= 0.3 is 6.47 Å². The van der Waals surface area contributed by atoms with E-state index in [0.29, 0.717) is 0 Å². The van der Waals surface area contributed by atoms with Crippen LogP contribution >= 0.6 is 0 Å². The van der Waals surface area contributed by atoms with E-state index in [1.54, 1.807) is 12.1 Å². The van der Waals surface area contributed by atoms with E-state index in [1.165, 1.54) is 6.47 Å².